The van der Waals surface area contributed by atoms with Crippen LogP contribution >= 0.6 is 0 Å². The van der Waals surface area contributed by atoms with E-state index in [9.17, 15) is 9.59 Å². The van der Waals surface area contributed by atoms with Gasteiger partial charge in [0.25, 0.3) is 5.91 Å². The van der Waals surface area contributed by atoms with Crippen molar-refractivity contribution in [3.8, 4) is 0 Å². The largest absolute Gasteiger partial charge is 0.464 e. The highest BCUT2D eigenvalue weighted by molar-refractivity contribution is 6.00. The Hall–Kier alpha value is -4.08. The van der Waals surface area contributed by atoms with Crippen molar-refractivity contribution in [3.63, 3.8) is 0 Å². The van der Waals surface area contributed by atoms with E-state index < -0.39 is 11.3 Å². The van der Waals surface area contributed by atoms with Gasteiger partial charge in [-0.3, -0.25) is 9.59 Å². The Morgan fingerprint density at radius 2 is 2.20 bits per heavy atom. The van der Waals surface area contributed by atoms with Gasteiger partial charge in [0.2, 0.25) is 17.3 Å². The minimum Gasteiger partial charge on any atom is -0.464 e. The van der Waals surface area contributed by atoms with Gasteiger partial charge in [-0.25, -0.2) is 9.88 Å². The molecule has 2 aliphatic rings. The lowest BCUT2D eigenvalue weighted by Gasteiger charge is -2.28. The van der Waals surface area contributed by atoms with Crippen LogP contribution in [0.5, 0.6) is 0 Å². The molecule has 154 valence electrons. The minimum absolute atomic E-state index is 0.0297. The molecule has 1 amide bonds. The van der Waals surface area contributed by atoms with Gasteiger partial charge in [-0.15, -0.1) is 0 Å². The summed E-state index contributed by atoms with van der Waals surface area (Å²) in [6.07, 6.45) is 13.1. The third-order valence-corrected chi connectivity index (χ3v) is 4.78. The van der Waals surface area contributed by atoms with Crippen LogP contribution < -0.4 is 21.8 Å². The minimum atomic E-state index is -0.892. The summed E-state index contributed by atoms with van der Waals surface area (Å²) < 4.78 is 12.4. The van der Waals surface area contributed by atoms with Gasteiger partial charge in [-0.2, -0.15) is 4.98 Å². The number of hydrogen-bond donors (Lipinski definition) is 2. The number of anilines is 2. The molecule has 0 radical (unpaired) electrons. The van der Waals surface area contributed by atoms with E-state index in [1.165, 1.54) is 25.0 Å². The highest BCUT2D eigenvalue weighted by Crippen LogP contribution is 2.29. The number of nitrogen functional groups attached to an aromatic ring is 1. The number of amides is 1. The molecule has 4 N–H and O–H groups in total. The predicted molar refractivity (Wildman–Crippen MR) is 111 cm³/mol. The Morgan fingerprint density at radius 3 is 2.83 bits per heavy atom. The number of hydrogen-bond acceptors (Lipinski definition) is 8. The zero-order valence-electron chi connectivity index (χ0n) is 16.2. The molecule has 3 heterocycles. The topological polar surface area (TPSA) is 139 Å². The van der Waals surface area contributed by atoms with Crippen LogP contribution in [-0.2, 0) is 16.0 Å². The molecule has 0 saturated carbocycles. The fourth-order valence-electron chi connectivity index (χ4n) is 3.40. The number of aryl methyl sites for hydroxylation is 1. The summed E-state index contributed by atoms with van der Waals surface area (Å²) in [7, 11) is 0. The molecule has 30 heavy (non-hydrogen) atoms. The molecule has 0 saturated heterocycles. The molecule has 0 aromatic carbocycles. The number of ether oxygens (including phenoxy) is 2. The Labute approximate surface area is 171 Å². The van der Waals surface area contributed by atoms with Gasteiger partial charge in [0.15, 0.2) is 11.9 Å². The number of pyridine rings is 1. The molecule has 1 aliphatic heterocycles. The molecule has 2 aromatic heterocycles. The van der Waals surface area contributed by atoms with Crippen molar-refractivity contribution in [1.29, 1.82) is 0 Å². The van der Waals surface area contributed by atoms with E-state index in [2.05, 4.69) is 16.0 Å². The van der Waals surface area contributed by atoms with Gasteiger partial charge in [0.05, 0.1) is 5.39 Å². The van der Waals surface area contributed by atoms with Crippen LogP contribution in [0.1, 0.15) is 30.1 Å². The van der Waals surface area contributed by atoms with E-state index in [1.807, 2.05) is 19.1 Å². The lowest BCUT2D eigenvalue weighted by Crippen LogP contribution is -2.29. The summed E-state index contributed by atoms with van der Waals surface area (Å²) in [5.41, 5.74) is 11.7. The van der Waals surface area contributed by atoms with Crippen LogP contribution in [0.25, 0.3) is 11.0 Å². The molecule has 2 aromatic rings. The smallest absolute Gasteiger partial charge is 0.256 e. The average Bonchev–Trinajstić information content (AvgIpc) is 2.75. The van der Waals surface area contributed by atoms with Crippen molar-refractivity contribution >= 4 is 28.7 Å². The van der Waals surface area contributed by atoms with Crippen LogP contribution in [0.2, 0.25) is 0 Å². The standard InChI is InChI=1S/C20H20N6O4/c1-2-25-17(21)15(18(22)28)16(27)13-10-23-20(24-19(13)25)26(12-6-4-3-5-7-12)14-11-29-8-9-30-14/h3-4,6,8-11H,2,5,7,21H2,1H3,(H2,22,28). The van der Waals surface area contributed by atoms with Crippen LogP contribution in [-0.4, -0.2) is 20.4 Å². The maximum absolute atomic E-state index is 12.8. The first-order valence-corrected chi connectivity index (χ1v) is 9.35. The van der Waals surface area contributed by atoms with Gasteiger partial charge in [-0.1, -0.05) is 12.2 Å². The lowest BCUT2D eigenvalue weighted by atomic mass is 10.1. The van der Waals surface area contributed by atoms with Crippen molar-refractivity contribution in [2.24, 2.45) is 5.73 Å². The maximum atomic E-state index is 12.8. The third kappa shape index (κ3) is 3.17. The summed E-state index contributed by atoms with van der Waals surface area (Å²) in [6.45, 7) is 2.19. The van der Waals surface area contributed by atoms with Crippen LogP contribution in [0, 0.1) is 0 Å². The third-order valence-electron chi connectivity index (χ3n) is 4.78. The highest BCUT2D eigenvalue weighted by Gasteiger charge is 2.25. The van der Waals surface area contributed by atoms with Crippen molar-refractivity contribution in [2.45, 2.75) is 26.3 Å². The number of primary amides is 1. The summed E-state index contributed by atoms with van der Waals surface area (Å²) in [4.78, 5) is 35.2. The molecule has 0 atom stereocenters. The van der Waals surface area contributed by atoms with Gasteiger partial charge in [0.1, 0.15) is 23.9 Å². The Balaban J connectivity index is 1.94. The van der Waals surface area contributed by atoms with Crippen LogP contribution in [0.4, 0.5) is 11.8 Å². The Kier molecular flexibility index (Phi) is 4.97. The van der Waals surface area contributed by atoms with Crippen molar-refractivity contribution in [1.82, 2.24) is 14.5 Å². The molecular weight excluding hydrogens is 388 g/mol. The van der Waals surface area contributed by atoms with Crippen LogP contribution in [0.15, 0.2) is 59.6 Å². The number of aromatic nitrogens is 3. The summed E-state index contributed by atoms with van der Waals surface area (Å²) >= 11 is 0. The van der Waals surface area contributed by atoms with Crippen molar-refractivity contribution in [3.05, 3.63) is 70.6 Å². The second-order valence-electron chi connectivity index (χ2n) is 6.55. The van der Waals surface area contributed by atoms with Gasteiger partial charge < -0.3 is 25.5 Å². The van der Waals surface area contributed by atoms with E-state index in [0.717, 1.165) is 18.5 Å². The highest BCUT2D eigenvalue weighted by atomic mass is 16.5. The lowest BCUT2D eigenvalue weighted by molar-refractivity contribution is 0.1000. The molecule has 4 rings (SSSR count). The van der Waals surface area contributed by atoms with E-state index in [4.69, 9.17) is 20.9 Å². The van der Waals surface area contributed by atoms with E-state index >= 15 is 0 Å². The van der Waals surface area contributed by atoms with E-state index in [0.29, 0.717) is 18.1 Å². The average molecular weight is 408 g/mol. The van der Waals surface area contributed by atoms with Crippen molar-refractivity contribution < 1.29 is 14.3 Å². The molecule has 10 nitrogen and oxygen atoms in total. The number of rotatable bonds is 5. The van der Waals surface area contributed by atoms with Gasteiger partial charge >= 0.3 is 0 Å². The Morgan fingerprint density at radius 1 is 1.37 bits per heavy atom. The molecular formula is C20H20N6O4. The number of nitrogens with zero attached hydrogens (tertiary/aromatic N) is 4. The second-order valence-corrected chi connectivity index (χ2v) is 6.55. The molecule has 0 fully saturated rings. The summed E-state index contributed by atoms with van der Waals surface area (Å²) in [5.74, 6) is -0.290. The zero-order valence-corrected chi connectivity index (χ0v) is 16.2. The first-order chi connectivity index (χ1) is 14.5. The molecule has 0 unspecified atom stereocenters. The SMILES string of the molecule is CCn1c(N)c(C(N)=O)c(=O)c2cnc(N(C3=CC=CCC3)C3=COC=CO3)nc21. The van der Waals surface area contributed by atoms with Crippen LogP contribution in [0.3, 0.4) is 0 Å². The maximum Gasteiger partial charge on any atom is 0.256 e. The second kappa shape index (κ2) is 7.74. The number of fused-ring (bicyclic) bond motifs is 1. The fourth-order valence-corrected chi connectivity index (χ4v) is 3.40. The first kappa shape index (κ1) is 19.2. The number of carbonyl (C=O) groups excluding carboxylic acids is 1. The predicted octanol–water partition coefficient (Wildman–Crippen LogP) is 1.85. The summed E-state index contributed by atoms with van der Waals surface area (Å²) in [5, 5.41) is 0.149. The number of carbonyl (C=O) groups is 1. The molecule has 0 spiro atoms. The van der Waals surface area contributed by atoms with Gasteiger partial charge in [0, 0.05) is 18.4 Å². The molecule has 0 bridgehead atoms. The van der Waals surface area contributed by atoms with E-state index in [1.54, 1.807) is 9.47 Å². The fraction of sp³-hybridized carbons (Fsp3) is 0.200. The zero-order chi connectivity index (χ0) is 21.3. The summed E-state index contributed by atoms with van der Waals surface area (Å²) in [6, 6.07) is 0. The van der Waals surface area contributed by atoms with Gasteiger partial charge in [-0.05, 0) is 25.8 Å². The quantitative estimate of drug-likeness (QED) is 0.764. The molecule has 10 heteroatoms. The number of nitrogens with two attached hydrogens (primary N) is 2. The van der Waals surface area contributed by atoms with Crippen molar-refractivity contribution in [2.75, 3.05) is 10.6 Å². The monoisotopic (exact) mass is 408 g/mol. The normalized spacial score (nSPS) is 15.2. The Bertz CT molecular complexity index is 1210. The van der Waals surface area contributed by atoms with E-state index in [-0.39, 0.29) is 22.7 Å². The first-order valence-electron chi connectivity index (χ1n) is 9.35. The molecule has 1 aliphatic carbocycles. The number of allylic oxidation sites excluding steroid dienone is 4.